The third-order valence-electron chi connectivity index (χ3n) is 6.58. The van der Waals surface area contributed by atoms with Crippen molar-refractivity contribution < 1.29 is 9.59 Å². The molecule has 2 aromatic carbocycles. The van der Waals surface area contributed by atoms with Crippen LogP contribution < -0.4 is 5.32 Å². The van der Waals surface area contributed by atoms with E-state index >= 15 is 0 Å². The zero-order valence-corrected chi connectivity index (χ0v) is 23.2. The van der Waals surface area contributed by atoms with Crippen LogP contribution in [0.25, 0.3) is 11.0 Å². The summed E-state index contributed by atoms with van der Waals surface area (Å²) in [4.78, 5) is 43.5. The molecule has 3 aromatic heterocycles. The van der Waals surface area contributed by atoms with Crippen LogP contribution in [0.4, 0.5) is 5.69 Å². The van der Waals surface area contributed by atoms with Gasteiger partial charge in [0, 0.05) is 72.3 Å². The van der Waals surface area contributed by atoms with Gasteiger partial charge in [0.25, 0.3) is 0 Å². The maximum absolute atomic E-state index is 13.0. The Morgan fingerprint density at radius 1 is 0.878 bits per heavy atom. The SMILES string of the molecule is CN(C)C/C=C/C(=O)Nc1ccc(C(=O)Cc2cccc(Cc3cc(Cc4cnc5[nH]ccc5c4)ncn3)c2)cc1. The Hall–Kier alpha value is -4.95. The van der Waals surface area contributed by atoms with Gasteiger partial charge in [0.05, 0.1) is 0 Å². The van der Waals surface area contributed by atoms with E-state index in [1.54, 1.807) is 36.7 Å². The molecule has 0 radical (unpaired) electrons. The Labute approximate surface area is 239 Å². The lowest BCUT2D eigenvalue weighted by Gasteiger charge is -2.08. The number of aromatic amines is 1. The maximum Gasteiger partial charge on any atom is 0.248 e. The molecule has 0 atom stereocenters. The van der Waals surface area contributed by atoms with Crippen molar-refractivity contribution in [2.45, 2.75) is 19.3 Å². The second kappa shape index (κ2) is 12.9. The van der Waals surface area contributed by atoms with Crippen LogP contribution in [-0.2, 0) is 24.1 Å². The molecule has 8 nitrogen and oxygen atoms in total. The molecule has 8 heteroatoms. The average Bonchev–Trinajstić information content (AvgIpc) is 3.42. The van der Waals surface area contributed by atoms with E-state index in [0.717, 1.165) is 39.1 Å². The van der Waals surface area contributed by atoms with Crippen molar-refractivity contribution in [1.82, 2.24) is 24.8 Å². The first-order valence-electron chi connectivity index (χ1n) is 13.5. The quantitative estimate of drug-likeness (QED) is 0.179. The molecule has 0 unspecified atom stereocenters. The van der Waals surface area contributed by atoms with Gasteiger partial charge in [0.2, 0.25) is 5.91 Å². The zero-order chi connectivity index (χ0) is 28.6. The summed E-state index contributed by atoms with van der Waals surface area (Å²) < 4.78 is 0. The van der Waals surface area contributed by atoms with Gasteiger partial charge in [-0.15, -0.1) is 0 Å². The number of benzene rings is 2. The van der Waals surface area contributed by atoms with Crippen LogP contribution in [0, 0.1) is 0 Å². The molecule has 206 valence electrons. The Morgan fingerprint density at radius 3 is 2.41 bits per heavy atom. The van der Waals surface area contributed by atoms with Crippen LogP contribution >= 0.6 is 0 Å². The molecule has 0 bridgehead atoms. The molecular weight excluding hydrogens is 512 g/mol. The first kappa shape index (κ1) is 27.6. The smallest absolute Gasteiger partial charge is 0.248 e. The van der Waals surface area contributed by atoms with E-state index < -0.39 is 0 Å². The number of rotatable bonds is 11. The lowest BCUT2D eigenvalue weighted by molar-refractivity contribution is -0.111. The second-order valence-electron chi connectivity index (χ2n) is 10.3. The third-order valence-corrected chi connectivity index (χ3v) is 6.58. The topological polar surface area (TPSA) is 104 Å². The molecule has 0 aliphatic heterocycles. The number of aromatic nitrogens is 4. The van der Waals surface area contributed by atoms with Gasteiger partial charge in [-0.2, -0.15) is 0 Å². The summed E-state index contributed by atoms with van der Waals surface area (Å²) in [6.07, 6.45) is 10.3. The molecule has 2 N–H and O–H groups in total. The van der Waals surface area contributed by atoms with Gasteiger partial charge in [-0.25, -0.2) is 15.0 Å². The van der Waals surface area contributed by atoms with E-state index in [1.807, 2.05) is 61.7 Å². The number of hydrogen-bond donors (Lipinski definition) is 2. The predicted octanol–water partition coefficient (Wildman–Crippen LogP) is 5.02. The molecule has 0 saturated carbocycles. The number of pyridine rings is 1. The largest absolute Gasteiger partial charge is 0.346 e. The molecular formula is C33H32N6O2. The fraction of sp³-hybridized carbons (Fsp3) is 0.182. The van der Waals surface area contributed by atoms with Crippen LogP contribution in [0.1, 0.15) is 38.4 Å². The number of H-pyrrole nitrogens is 1. The first-order chi connectivity index (χ1) is 19.9. The highest BCUT2D eigenvalue weighted by Crippen LogP contribution is 2.17. The molecule has 0 saturated heterocycles. The highest BCUT2D eigenvalue weighted by Gasteiger charge is 2.10. The highest BCUT2D eigenvalue weighted by molar-refractivity contribution is 6.00. The van der Waals surface area contributed by atoms with Crippen molar-refractivity contribution in [2.24, 2.45) is 0 Å². The number of anilines is 1. The minimum atomic E-state index is -0.200. The summed E-state index contributed by atoms with van der Waals surface area (Å²) in [5.41, 5.74) is 7.09. The predicted molar refractivity (Wildman–Crippen MR) is 161 cm³/mol. The number of nitrogens with zero attached hydrogens (tertiary/aromatic N) is 4. The Balaban J connectivity index is 1.18. The van der Waals surface area contributed by atoms with E-state index in [9.17, 15) is 9.59 Å². The molecule has 5 rings (SSSR count). The molecule has 3 heterocycles. The van der Waals surface area contributed by atoms with E-state index in [1.165, 1.54) is 6.08 Å². The first-order valence-corrected chi connectivity index (χ1v) is 13.5. The fourth-order valence-electron chi connectivity index (χ4n) is 4.57. The van der Waals surface area contributed by atoms with Gasteiger partial charge in [-0.3, -0.25) is 9.59 Å². The Kier molecular flexibility index (Phi) is 8.71. The van der Waals surface area contributed by atoms with Crippen molar-refractivity contribution >= 4 is 28.4 Å². The zero-order valence-electron chi connectivity index (χ0n) is 23.2. The van der Waals surface area contributed by atoms with E-state index in [0.29, 0.717) is 30.6 Å². The number of amides is 1. The van der Waals surface area contributed by atoms with Crippen molar-refractivity contribution in [3.8, 4) is 0 Å². The number of fused-ring (bicyclic) bond motifs is 1. The average molecular weight is 545 g/mol. The lowest BCUT2D eigenvalue weighted by atomic mass is 9.99. The minimum Gasteiger partial charge on any atom is -0.346 e. The summed E-state index contributed by atoms with van der Waals surface area (Å²) in [7, 11) is 3.88. The van der Waals surface area contributed by atoms with E-state index in [4.69, 9.17) is 0 Å². The standard InChI is InChI=1S/C33H32N6O2/c1-39(2)14-4-7-32(41)38-28-10-8-26(9-11-28)31(40)19-24-6-3-5-23(15-24)17-29-20-30(37-22-36-29)18-25-16-27-12-13-34-33(27)35-21-25/h3-13,15-16,20-22H,14,17-19H2,1-2H3,(H,34,35)(H,38,41)/b7-4+. The van der Waals surface area contributed by atoms with E-state index in [-0.39, 0.29) is 18.1 Å². The number of carbonyl (C=O) groups is 2. The van der Waals surface area contributed by atoms with Crippen molar-refractivity contribution in [3.05, 3.63) is 131 Å². The number of nitrogens with one attached hydrogen (secondary N) is 2. The summed E-state index contributed by atoms with van der Waals surface area (Å²) in [5.74, 6) is -0.183. The monoisotopic (exact) mass is 544 g/mol. The summed E-state index contributed by atoms with van der Waals surface area (Å²) in [5, 5.41) is 3.89. The van der Waals surface area contributed by atoms with Crippen LogP contribution in [0.5, 0.6) is 0 Å². The van der Waals surface area contributed by atoms with Gasteiger partial charge in [-0.05, 0) is 73.3 Å². The molecule has 0 spiro atoms. The fourth-order valence-corrected chi connectivity index (χ4v) is 4.57. The molecule has 41 heavy (non-hydrogen) atoms. The summed E-state index contributed by atoms with van der Waals surface area (Å²) in [6.45, 7) is 0.687. The minimum absolute atomic E-state index is 0.0169. The number of likely N-dealkylation sites (N-methyl/N-ethyl adjacent to an activating group) is 1. The maximum atomic E-state index is 13.0. The lowest BCUT2D eigenvalue weighted by Crippen LogP contribution is -2.13. The van der Waals surface area contributed by atoms with Crippen LogP contribution in [0.3, 0.4) is 0 Å². The number of Topliss-reactive ketones (excluding diaryl/α,β-unsaturated/α-hetero) is 1. The normalized spacial score (nSPS) is 11.4. The van der Waals surface area contributed by atoms with Gasteiger partial charge in [0.1, 0.15) is 12.0 Å². The van der Waals surface area contributed by atoms with Crippen molar-refractivity contribution in [3.63, 3.8) is 0 Å². The number of carbonyl (C=O) groups excluding carboxylic acids is 2. The Bertz CT molecular complexity index is 1690. The van der Waals surface area contributed by atoms with Crippen LogP contribution in [0.15, 0.2) is 97.6 Å². The van der Waals surface area contributed by atoms with Crippen molar-refractivity contribution in [2.75, 3.05) is 26.0 Å². The molecule has 0 fully saturated rings. The van der Waals surface area contributed by atoms with Gasteiger partial charge < -0.3 is 15.2 Å². The van der Waals surface area contributed by atoms with Crippen LogP contribution in [-0.4, -0.2) is 57.2 Å². The molecule has 1 amide bonds. The molecule has 0 aliphatic rings. The highest BCUT2D eigenvalue weighted by atomic mass is 16.1. The third kappa shape index (κ3) is 7.80. The Morgan fingerprint density at radius 2 is 1.63 bits per heavy atom. The number of hydrogen-bond acceptors (Lipinski definition) is 6. The van der Waals surface area contributed by atoms with Crippen LogP contribution in [0.2, 0.25) is 0 Å². The molecule has 0 aliphatic carbocycles. The molecule has 5 aromatic rings. The summed E-state index contributed by atoms with van der Waals surface area (Å²) >= 11 is 0. The number of ketones is 1. The second-order valence-corrected chi connectivity index (χ2v) is 10.3. The van der Waals surface area contributed by atoms with Crippen molar-refractivity contribution in [1.29, 1.82) is 0 Å². The van der Waals surface area contributed by atoms with Gasteiger partial charge in [0.15, 0.2) is 5.78 Å². The van der Waals surface area contributed by atoms with Gasteiger partial charge in [-0.1, -0.05) is 30.3 Å². The van der Waals surface area contributed by atoms with Gasteiger partial charge >= 0.3 is 0 Å². The van der Waals surface area contributed by atoms with E-state index in [2.05, 4.69) is 37.4 Å². The summed E-state index contributed by atoms with van der Waals surface area (Å²) in [6, 6.07) is 21.2.